The van der Waals surface area contributed by atoms with Crippen molar-refractivity contribution in [1.29, 1.82) is 0 Å². The summed E-state index contributed by atoms with van der Waals surface area (Å²) in [5.74, 6) is 3.03. The molecule has 6 aliphatic rings. The van der Waals surface area contributed by atoms with Crippen molar-refractivity contribution >= 4 is 5.96 Å². The summed E-state index contributed by atoms with van der Waals surface area (Å²) in [5.41, 5.74) is 7.10. The summed E-state index contributed by atoms with van der Waals surface area (Å²) < 4.78 is 6.65. The number of aliphatic hydroxyl groups excluding tert-OH is 2. The largest absolute Gasteiger partial charge is 0.393 e. The molecule has 1 spiro atoms. The third-order valence-electron chi connectivity index (χ3n) is 13.4. The van der Waals surface area contributed by atoms with Crippen molar-refractivity contribution in [2.45, 2.75) is 146 Å². The van der Waals surface area contributed by atoms with Gasteiger partial charge in [-0.1, -0.05) is 19.1 Å². The molecule has 6 rings (SSSR count). The lowest BCUT2D eigenvalue weighted by Gasteiger charge is -2.58. The molecule has 7 heteroatoms. The number of fused-ring (bicyclic) bond motifs is 3. The maximum absolute atomic E-state index is 11.1. The summed E-state index contributed by atoms with van der Waals surface area (Å²) in [6, 6.07) is 0. The van der Waals surface area contributed by atoms with E-state index in [1.807, 2.05) is 0 Å². The minimum Gasteiger partial charge on any atom is -0.393 e. The molecule has 1 heterocycles. The van der Waals surface area contributed by atoms with Gasteiger partial charge >= 0.3 is 0 Å². The molecule has 0 aromatic rings. The number of hydrogen-bond donors (Lipinski definition) is 5. The molecular weight excluding hydrogens is 514 g/mol. The molecule has 0 aromatic heterocycles. The van der Waals surface area contributed by atoms with Crippen LogP contribution in [0.1, 0.15) is 117 Å². The Morgan fingerprint density at radius 3 is 2.68 bits per heavy atom. The van der Waals surface area contributed by atoms with Gasteiger partial charge in [-0.3, -0.25) is 4.99 Å². The molecule has 232 valence electrons. The number of allylic oxidation sites excluding steroid dienone is 1. The molecule has 0 radical (unpaired) electrons. The number of rotatable bonds is 6. The smallest absolute Gasteiger partial charge is 0.190 e. The maximum Gasteiger partial charge on any atom is 0.190 e. The van der Waals surface area contributed by atoms with Crippen molar-refractivity contribution in [1.82, 2.24) is 5.32 Å². The first-order chi connectivity index (χ1) is 19.4. The molecule has 6 fully saturated rings. The molecule has 0 unspecified atom stereocenters. The van der Waals surface area contributed by atoms with E-state index in [1.54, 1.807) is 7.05 Å². The van der Waals surface area contributed by atoms with Crippen LogP contribution in [-0.2, 0) is 4.74 Å². The average molecular weight is 572 g/mol. The van der Waals surface area contributed by atoms with Crippen molar-refractivity contribution in [2.24, 2.45) is 51.1 Å². The van der Waals surface area contributed by atoms with Crippen LogP contribution in [0.2, 0.25) is 0 Å². The zero-order valence-electron chi connectivity index (χ0n) is 25.9. The van der Waals surface area contributed by atoms with Gasteiger partial charge in [0, 0.05) is 24.8 Å². The Hall–Kier alpha value is -1.15. The van der Waals surface area contributed by atoms with Gasteiger partial charge in [-0.2, -0.15) is 0 Å². The summed E-state index contributed by atoms with van der Waals surface area (Å²) in [6.45, 7) is 9.67. The number of guanidine groups is 1. The van der Waals surface area contributed by atoms with Gasteiger partial charge in [-0.05, 0) is 132 Å². The molecule has 12 atom stereocenters. The molecule has 7 nitrogen and oxygen atoms in total. The minimum atomic E-state index is -0.675. The third kappa shape index (κ3) is 5.51. The van der Waals surface area contributed by atoms with Crippen molar-refractivity contribution in [3.8, 4) is 0 Å². The Kier molecular flexibility index (Phi) is 7.86. The van der Waals surface area contributed by atoms with Gasteiger partial charge in [-0.25, -0.2) is 0 Å². The molecule has 1 aliphatic heterocycles. The van der Waals surface area contributed by atoms with E-state index in [4.69, 9.17) is 17.0 Å². The number of ether oxygens (including phenoxy) is 1. The number of nitrogens with one attached hydrogen (secondary N) is 1. The van der Waals surface area contributed by atoms with E-state index in [9.17, 15) is 15.3 Å². The van der Waals surface area contributed by atoms with E-state index in [0.29, 0.717) is 47.6 Å². The van der Waals surface area contributed by atoms with Crippen LogP contribution in [0.15, 0.2) is 17.1 Å². The second-order valence-corrected chi connectivity index (χ2v) is 16.1. The van der Waals surface area contributed by atoms with Gasteiger partial charge in [0.2, 0.25) is 0 Å². The monoisotopic (exact) mass is 571 g/mol. The summed E-state index contributed by atoms with van der Waals surface area (Å²) in [4.78, 5) is 3.96. The second kappa shape index (κ2) is 10.8. The number of hydrogen-bond acceptors (Lipinski definition) is 5. The first-order valence-corrected chi connectivity index (χ1v) is 16.8. The van der Waals surface area contributed by atoms with Crippen molar-refractivity contribution < 1.29 is 20.1 Å². The summed E-state index contributed by atoms with van der Waals surface area (Å²) in [5, 5.41) is 35.0. The van der Waals surface area contributed by atoms with E-state index in [1.165, 1.54) is 44.1 Å². The van der Waals surface area contributed by atoms with Gasteiger partial charge in [0.1, 0.15) is 6.23 Å². The third-order valence-corrected chi connectivity index (χ3v) is 13.4. The van der Waals surface area contributed by atoms with Crippen LogP contribution in [0.5, 0.6) is 0 Å². The van der Waals surface area contributed by atoms with Gasteiger partial charge in [-0.15, -0.1) is 0 Å². The lowest BCUT2D eigenvalue weighted by atomic mass is 9.46. The molecule has 1 saturated heterocycles. The number of nitrogens with zero attached hydrogens (tertiary/aromatic N) is 1. The predicted molar refractivity (Wildman–Crippen MR) is 162 cm³/mol. The van der Waals surface area contributed by atoms with Crippen molar-refractivity contribution in [3.05, 3.63) is 12.2 Å². The molecular formula is C34H57N3O4. The fraction of sp³-hybridized carbons (Fsp3) is 0.912. The van der Waals surface area contributed by atoms with E-state index in [2.05, 4.69) is 24.2 Å². The SMILES string of the molecule is C=C1C[C@@]2(CC[C@@H](CC[C@@]3(O)CCC[C@H](O)C3)C2)[C@@H]2O[C@]2(C)CC[C@@H]2[C@@H]1C[C@]2(C)[C@@H]1CC[C@H]([C@H](O)NC(N)=NC)C1. The van der Waals surface area contributed by atoms with Crippen LogP contribution in [0.4, 0.5) is 0 Å². The van der Waals surface area contributed by atoms with Crippen LogP contribution in [-0.4, -0.2) is 58.0 Å². The van der Waals surface area contributed by atoms with E-state index < -0.39 is 11.8 Å². The van der Waals surface area contributed by atoms with Gasteiger partial charge in [0.15, 0.2) is 5.96 Å². The lowest BCUT2D eigenvalue weighted by Crippen LogP contribution is -2.51. The van der Waals surface area contributed by atoms with Gasteiger partial charge < -0.3 is 31.1 Å². The second-order valence-electron chi connectivity index (χ2n) is 16.1. The number of aliphatic imine (C=N–C) groups is 1. The summed E-state index contributed by atoms with van der Waals surface area (Å²) in [6.07, 6.45) is 15.9. The Balaban J connectivity index is 1.10. The highest BCUT2D eigenvalue weighted by molar-refractivity contribution is 5.77. The highest BCUT2D eigenvalue weighted by atomic mass is 16.6. The van der Waals surface area contributed by atoms with Crippen molar-refractivity contribution in [3.63, 3.8) is 0 Å². The average Bonchev–Trinajstić information content (AvgIpc) is 3.24. The Morgan fingerprint density at radius 2 is 1.93 bits per heavy atom. The minimum absolute atomic E-state index is 0.0123. The van der Waals surface area contributed by atoms with Crippen molar-refractivity contribution in [2.75, 3.05) is 7.05 Å². The Bertz CT molecular complexity index is 1040. The van der Waals surface area contributed by atoms with Gasteiger partial charge in [0.05, 0.1) is 23.4 Å². The number of nitrogens with two attached hydrogens (primary N) is 1. The first-order valence-electron chi connectivity index (χ1n) is 16.8. The Morgan fingerprint density at radius 1 is 1.12 bits per heavy atom. The van der Waals surface area contributed by atoms with E-state index in [-0.39, 0.29) is 23.0 Å². The topological polar surface area (TPSA) is 124 Å². The molecule has 0 bridgehead atoms. The normalized spacial score (nSPS) is 50.7. The molecule has 0 aromatic carbocycles. The quantitative estimate of drug-likeness (QED) is 0.100. The zero-order valence-corrected chi connectivity index (χ0v) is 25.9. The molecule has 5 saturated carbocycles. The zero-order chi connectivity index (χ0) is 29.2. The summed E-state index contributed by atoms with van der Waals surface area (Å²) in [7, 11) is 1.64. The maximum atomic E-state index is 11.1. The lowest BCUT2D eigenvalue weighted by molar-refractivity contribution is -0.0712. The molecule has 0 amide bonds. The van der Waals surface area contributed by atoms with Crippen LogP contribution in [0.25, 0.3) is 0 Å². The number of aliphatic hydroxyl groups is 3. The van der Waals surface area contributed by atoms with E-state index >= 15 is 0 Å². The highest BCUT2D eigenvalue weighted by Crippen LogP contribution is 2.69. The van der Waals surface area contributed by atoms with Crippen LogP contribution >= 0.6 is 0 Å². The molecule has 6 N–H and O–H groups in total. The summed E-state index contributed by atoms with van der Waals surface area (Å²) >= 11 is 0. The van der Waals surface area contributed by atoms with Gasteiger partial charge in [0.25, 0.3) is 0 Å². The van der Waals surface area contributed by atoms with Crippen LogP contribution < -0.4 is 11.1 Å². The Labute approximate surface area is 247 Å². The molecule has 5 aliphatic carbocycles. The standard InChI is InChI=1S/C34H57N3O4/c1-21-17-33(14-9-22(18-33)10-15-34(40)12-5-6-25(38)19-34)29-32(3,41-29)13-11-27-26(21)20-31(27,2)24-8-7-23(16-24)28(39)37-30(35)36-4/h22-29,38-40H,1,5-20H2,2-4H3,(H3,35,36,37)/t22-,23-,24+,25-,26+,27+,28-,29+,31+,32+,33+,34-/m0/s1. The first kappa shape index (κ1) is 29.9. The predicted octanol–water partition coefficient (Wildman–Crippen LogP) is 5.03. The van der Waals surface area contributed by atoms with Crippen LogP contribution in [0.3, 0.4) is 0 Å². The fourth-order valence-corrected chi connectivity index (χ4v) is 11.0. The fourth-order valence-electron chi connectivity index (χ4n) is 11.0. The molecule has 41 heavy (non-hydrogen) atoms. The van der Waals surface area contributed by atoms with E-state index in [0.717, 1.165) is 57.8 Å². The number of epoxide rings is 1. The highest BCUT2D eigenvalue weighted by Gasteiger charge is 2.67. The van der Waals surface area contributed by atoms with Crippen LogP contribution in [0, 0.1) is 40.4 Å².